The van der Waals surface area contributed by atoms with Crippen molar-refractivity contribution in [1.29, 1.82) is 0 Å². The summed E-state index contributed by atoms with van der Waals surface area (Å²) in [4.78, 5) is 0. The Morgan fingerprint density at radius 3 is 2.69 bits per heavy atom. The first kappa shape index (κ1) is 10.7. The second-order valence-corrected chi connectivity index (χ2v) is 4.72. The average molecular weight is 197 g/mol. The van der Waals surface area contributed by atoms with Gasteiger partial charge in [0, 0.05) is 6.54 Å². The number of rotatable bonds is 5. The summed E-state index contributed by atoms with van der Waals surface area (Å²) < 4.78 is 0. The Morgan fingerprint density at radius 2 is 2.23 bits per heavy atom. The Labute approximate surface area is 85.2 Å². The quantitative estimate of drug-likeness (QED) is 0.765. The Hall–Kier alpha value is -0.340. The molecule has 1 nitrogen and oxygen atoms in total. The van der Waals surface area contributed by atoms with Crippen molar-refractivity contribution in [1.82, 2.24) is 5.32 Å². The average Bonchev–Trinajstić information content (AvgIpc) is 2.54. The van der Waals surface area contributed by atoms with E-state index in [4.69, 9.17) is 0 Å². The molecule has 0 aliphatic heterocycles. The number of hydrogen-bond acceptors (Lipinski definition) is 2. The molecule has 0 fully saturated rings. The van der Waals surface area contributed by atoms with Gasteiger partial charge in [-0.05, 0) is 47.7 Å². The fourth-order valence-electron chi connectivity index (χ4n) is 1.66. The molecule has 1 rings (SSSR count). The number of hydrogen-bond donors (Lipinski definition) is 1. The molecule has 13 heavy (non-hydrogen) atoms. The van der Waals surface area contributed by atoms with Gasteiger partial charge in [-0.1, -0.05) is 13.8 Å². The van der Waals surface area contributed by atoms with Gasteiger partial charge in [-0.3, -0.25) is 0 Å². The molecule has 1 aromatic heterocycles. The zero-order chi connectivity index (χ0) is 9.68. The maximum absolute atomic E-state index is 3.27. The van der Waals surface area contributed by atoms with Gasteiger partial charge >= 0.3 is 0 Å². The van der Waals surface area contributed by atoms with E-state index in [-0.39, 0.29) is 0 Å². The van der Waals surface area contributed by atoms with Gasteiger partial charge in [0.15, 0.2) is 0 Å². The molecule has 1 N–H and O–H groups in total. The van der Waals surface area contributed by atoms with E-state index in [2.05, 4.69) is 36.0 Å². The highest BCUT2D eigenvalue weighted by atomic mass is 32.1. The summed E-state index contributed by atoms with van der Waals surface area (Å²) in [5.41, 5.74) is 1.49. The lowest BCUT2D eigenvalue weighted by atomic mass is 9.92. The third-order valence-electron chi connectivity index (χ3n) is 2.22. The van der Waals surface area contributed by atoms with Crippen LogP contribution in [0.4, 0.5) is 0 Å². The first-order valence-corrected chi connectivity index (χ1v) is 5.85. The number of likely N-dealkylation sites (N-methyl/N-ethyl adjacent to an activating group) is 1. The van der Waals surface area contributed by atoms with Gasteiger partial charge in [0.1, 0.15) is 0 Å². The van der Waals surface area contributed by atoms with Crippen LogP contribution in [0.3, 0.4) is 0 Å². The van der Waals surface area contributed by atoms with Crippen molar-refractivity contribution in [2.24, 2.45) is 5.92 Å². The number of nitrogens with one attached hydrogen (secondary N) is 1. The van der Waals surface area contributed by atoms with Crippen molar-refractivity contribution in [3.05, 3.63) is 22.4 Å². The van der Waals surface area contributed by atoms with E-state index in [1.54, 1.807) is 11.3 Å². The monoisotopic (exact) mass is 197 g/mol. The van der Waals surface area contributed by atoms with Crippen molar-refractivity contribution in [2.75, 3.05) is 13.6 Å². The van der Waals surface area contributed by atoms with E-state index in [0.717, 1.165) is 12.5 Å². The normalized spacial score (nSPS) is 13.5. The topological polar surface area (TPSA) is 12.0 Å². The minimum Gasteiger partial charge on any atom is -0.319 e. The van der Waals surface area contributed by atoms with Crippen LogP contribution in [0.5, 0.6) is 0 Å². The largest absolute Gasteiger partial charge is 0.319 e. The minimum absolute atomic E-state index is 0.691. The van der Waals surface area contributed by atoms with Crippen LogP contribution >= 0.6 is 11.3 Å². The molecule has 0 aliphatic rings. The molecule has 0 spiro atoms. The first-order chi connectivity index (χ1) is 6.24. The fourth-order valence-corrected chi connectivity index (χ4v) is 2.40. The van der Waals surface area contributed by atoms with Crippen LogP contribution in [0, 0.1) is 5.92 Å². The molecule has 1 heterocycles. The highest BCUT2D eigenvalue weighted by Gasteiger charge is 2.12. The van der Waals surface area contributed by atoms with Gasteiger partial charge in [-0.15, -0.1) is 0 Å². The zero-order valence-corrected chi connectivity index (χ0v) is 9.53. The fraction of sp³-hybridized carbons (Fsp3) is 0.636. The SMILES string of the molecule is CNCC(CC(C)C)c1ccsc1. The molecule has 0 amide bonds. The van der Waals surface area contributed by atoms with Gasteiger partial charge in [0.2, 0.25) is 0 Å². The van der Waals surface area contributed by atoms with E-state index in [1.165, 1.54) is 12.0 Å². The van der Waals surface area contributed by atoms with Crippen molar-refractivity contribution in [3.63, 3.8) is 0 Å². The van der Waals surface area contributed by atoms with Crippen LogP contribution in [0.15, 0.2) is 16.8 Å². The van der Waals surface area contributed by atoms with Crippen LogP contribution in [-0.4, -0.2) is 13.6 Å². The maximum atomic E-state index is 3.27. The predicted molar refractivity (Wildman–Crippen MR) is 60.4 cm³/mol. The van der Waals surface area contributed by atoms with Crippen molar-refractivity contribution >= 4 is 11.3 Å². The summed E-state index contributed by atoms with van der Waals surface area (Å²) in [5, 5.41) is 7.70. The smallest absolute Gasteiger partial charge is 0.00175 e. The van der Waals surface area contributed by atoms with E-state index >= 15 is 0 Å². The maximum Gasteiger partial charge on any atom is 0.00175 e. The molecule has 1 atom stereocenters. The highest BCUT2D eigenvalue weighted by molar-refractivity contribution is 7.07. The predicted octanol–water partition coefficient (Wildman–Crippen LogP) is 3.10. The molecule has 0 aromatic carbocycles. The zero-order valence-electron chi connectivity index (χ0n) is 8.71. The highest BCUT2D eigenvalue weighted by Crippen LogP contribution is 2.24. The van der Waals surface area contributed by atoms with Crippen LogP contribution < -0.4 is 5.32 Å². The summed E-state index contributed by atoms with van der Waals surface area (Å²) in [6.45, 7) is 5.67. The minimum atomic E-state index is 0.691. The van der Waals surface area contributed by atoms with Gasteiger partial charge in [0.25, 0.3) is 0 Å². The molecule has 0 radical (unpaired) electrons. The van der Waals surface area contributed by atoms with Crippen LogP contribution in [0.1, 0.15) is 31.7 Å². The summed E-state index contributed by atoms with van der Waals surface area (Å²) in [6.07, 6.45) is 1.28. The molecule has 0 saturated heterocycles. The Balaban J connectivity index is 2.57. The molecular weight excluding hydrogens is 178 g/mol. The molecule has 74 valence electrons. The lowest BCUT2D eigenvalue weighted by molar-refractivity contribution is 0.485. The van der Waals surface area contributed by atoms with Crippen molar-refractivity contribution in [3.8, 4) is 0 Å². The van der Waals surface area contributed by atoms with Gasteiger partial charge in [-0.2, -0.15) is 11.3 Å². The van der Waals surface area contributed by atoms with E-state index in [1.807, 2.05) is 7.05 Å². The Morgan fingerprint density at radius 1 is 1.46 bits per heavy atom. The summed E-state index contributed by atoms with van der Waals surface area (Å²) >= 11 is 1.79. The summed E-state index contributed by atoms with van der Waals surface area (Å²) in [5.74, 6) is 1.47. The van der Waals surface area contributed by atoms with Gasteiger partial charge < -0.3 is 5.32 Å². The molecule has 0 saturated carbocycles. The van der Waals surface area contributed by atoms with Crippen LogP contribution in [0.25, 0.3) is 0 Å². The van der Waals surface area contributed by atoms with Crippen molar-refractivity contribution in [2.45, 2.75) is 26.2 Å². The number of thiophene rings is 1. The lowest BCUT2D eigenvalue weighted by Crippen LogP contribution is -2.18. The van der Waals surface area contributed by atoms with E-state index in [9.17, 15) is 0 Å². The second-order valence-electron chi connectivity index (χ2n) is 3.94. The molecule has 1 aromatic rings. The van der Waals surface area contributed by atoms with E-state index < -0.39 is 0 Å². The van der Waals surface area contributed by atoms with Gasteiger partial charge in [0.05, 0.1) is 0 Å². The molecule has 0 bridgehead atoms. The molecule has 2 heteroatoms. The van der Waals surface area contributed by atoms with Crippen LogP contribution in [0.2, 0.25) is 0 Å². The molecule has 0 aliphatic carbocycles. The summed E-state index contributed by atoms with van der Waals surface area (Å²) in [6, 6.07) is 2.25. The van der Waals surface area contributed by atoms with Gasteiger partial charge in [-0.25, -0.2) is 0 Å². The summed E-state index contributed by atoms with van der Waals surface area (Å²) in [7, 11) is 2.03. The third-order valence-corrected chi connectivity index (χ3v) is 2.92. The second kappa shape index (κ2) is 5.40. The van der Waals surface area contributed by atoms with E-state index in [0.29, 0.717) is 5.92 Å². The lowest BCUT2D eigenvalue weighted by Gasteiger charge is -2.17. The molecule has 1 unspecified atom stereocenters. The Bertz CT molecular complexity index is 216. The Kier molecular flexibility index (Phi) is 4.46. The first-order valence-electron chi connectivity index (χ1n) is 4.90. The third kappa shape index (κ3) is 3.49. The standard InChI is InChI=1S/C11H19NS/c1-9(2)6-11(7-12-3)10-4-5-13-8-10/h4-5,8-9,11-12H,6-7H2,1-3H3. The molecular formula is C11H19NS. The van der Waals surface area contributed by atoms with Crippen LogP contribution in [-0.2, 0) is 0 Å². The van der Waals surface area contributed by atoms with Crippen molar-refractivity contribution < 1.29 is 0 Å².